The van der Waals surface area contributed by atoms with Crippen LogP contribution >= 0.6 is 0 Å². The number of nitrogens with zero attached hydrogens (tertiary/aromatic N) is 3. The molecule has 2 aliphatic rings. The Morgan fingerprint density at radius 3 is 2.44 bits per heavy atom. The number of aromatic hydroxyl groups is 1. The molecule has 2 fully saturated rings. The molecule has 1 aliphatic carbocycles. The average molecular weight is 555 g/mol. The number of pyridine rings is 1. The maximum atomic E-state index is 12.5. The SMILES string of the molecule is CCc1c(-c2ccc3c(c2)cc(CN2C[C@H]4C[C@H](N(C)Cc5ccccc5)C[C@H]4C2)n3C)[nH]c(=O)c(C(=O)O)c1O. The number of carbonyl (C=O) groups is 1. The molecule has 0 unspecified atom stereocenters. The van der Waals surface area contributed by atoms with Crippen LogP contribution in [0.1, 0.15) is 46.9 Å². The standard InChI is InChI=1S/C33H38N4O4/c1-4-27-30(34-32(39)29(31(27)38)33(40)41)21-10-11-28-22(12-21)13-26(36(28)3)19-37-17-23-14-25(15-24(23)18-37)35(2)16-20-8-6-5-7-9-20/h5-13,23-25H,4,14-19H2,1-3H3,(H,40,41)(H2,34,38,39)/t23-,24+,25+. The minimum Gasteiger partial charge on any atom is -0.506 e. The number of fused-ring (bicyclic) bond motifs is 2. The van der Waals surface area contributed by atoms with Gasteiger partial charge in [0.25, 0.3) is 5.56 Å². The lowest BCUT2D eigenvalue weighted by Gasteiger charge is -2.26. The normalized spacial score (nSPS) is 20.7. The van der Waals surface area contributed by atoms with E-state index in [4.69, 9.17) is 0 Å². The van der Waals surface area contributed by atoms with E-state index in [0.717, 1.165) is 54.5 Å². The molecule has 8 heteroatoms. The Kier molecular flexibility index (Phi) is 7.21. The fraction of sp³-hybridized carbons (Fsp3) is 0.394. The van der Waals surface area contributed by atoms with Gasteiger partial charge in [-0.3, -0.25) is 14.6 Å². The highest BCUT2D eigenvalue weighted by molar-refractivity contribution is 5.92. The molecule has 2 aromatic carbocycles. The van der Waals surface area contributed by atoms with Crippen molar-refractivity contribution in [2.75, 3.05) is 20.1 Å². The van der Waals surface area contributed by atoms with Gasteiger partial charge in [-0.2, -0.15) is 0 Å². The van der Waals surface area contributed by atoms with Crippen molar-refractivity contribution in [3.63, 3.8) is 0 Å². The van der Waals surface area contributed by atoms with E-state index in [1.165, 1.54) is 24.1 Å². The van der Waals surface area contributed by atoms with Crippen molar-refractivity contribution >= 4 is 16.9 Å². The summed E-state index contributed by atoms with van der Waals surface area (Å²) >= 11 is 0. The summed E-state index contributed by atoms with van der Waals surface area (Å²) in [5.74, 6) is -0.412. The molecule has 0 spiro atoms. The number of carboxylic acid groups (broad SMARTS) is 1. The summed E-state index contributed by atoms with van der Waals surface area (Å²) in [5.41, 5.74) is 3.93. The van der Waals surface area contributed by atoms with E-state index >= 15 is 0 Å². The second-order valence-electron chi connectivity index (χ2n) is 11.9. The van der Waals surface area contributed by atoms with Crippen molar-refractivity contribution in [1.82, 2.24) is 19.4 Å². The van der Waals surface area contributed by atoms with E-state index in [-0.39, 0.29) is 0 Å². The number of aromatic nitrogens is 2. The lowest BCUT2D eigenvalue weighted by molar-refractivity contribution is 0.0691. The first kappa shape index (κ1) is 27.3. The van der Waals surface area contributed by atoms with E-state index in [2.05, 4.69) is 69.8 Å². The summed E-state index contributed by atoms with van der Waals surface area (Å²) in [6.45, 7) is 5.98. The van der Waals surface area contributed by atoms with Crippen molar-refractivity contribution < 1.29 is 15.0 Å². The van der Waals surface area contributed by atoms with E-state index in [9.17, 15) is 19.8 Å². The second-order valence-corrected chi connectivity index (χ2v) is 11.9. The maximum absolute atomic E-state index is 12.5. The van der Waals surface area contributed by atoms with Crippen molar-refractivity contribution in [2.24, 2.45) is 18.9 Å². The summed E-state index contributed by atoms with van der Waals surface area (Å²) in [6.07, 6.45) is 2.90. The molecule has 3 atom stereocenters. The molecule has 0 radical (unpaired) electrons. The molecule has 8 nitrogen and oxygen atoms in total. The number of H-pyrrole nitrogens is 1. The minimum absolute atomic E-state index is 0.385. The molecule has 0 amide bonds. The number of aromatic amines is 1. The molecule has 3 N–H and O–H groups in total. The van der Waals surface area contributed by atoms with Crippen molar-refractivity contribution in [2.45, 2.75) is 45.3 Å². The molecule has 41 heavy (non-hydrogen) atoms. The lowest BCUT2D eigenvalue weighted by Crippen LogP contribution is -2.31. The third kappa shape index (κ3) is 5.06. The first-order valence-electron chi connectivity index (χ1n) is 14.5. The summed E-state index contributed by atoms with van der Waals surface area (Å²) < 4.78 is 2.23. The van der Waals surface area contributed by atoms with Gasteiger partial charge in [0.15, 0.2) is 5.56 Å². The third-order valence-electron chi connectivity index (χ3n) is 9.37. The molecule has 2 aromatic heterocycles. The van der Waals surface area contributed by atoms with E-state index in [0.29, 0.717) is 23.7 Å². The van der Waals surface area contributed by atoms with E-state index in [1.807, 2.05) is 25.1 Å². The molecule has 0 bridgehead atoms. The van der Waals surface area contributed by atoms with Crippen molar-refractivity contribution in [1.29, 1.82) is 0 Å². The van der Waals surface area contributed by atoms with Gasteiger partial charge in [-0.25, -0.2) is 4.79 Å². The Bertz CT molecular complexity index is 1640. The zero-order valence-electron chi connectivity index (χ0n) is 23.9. The topological polar surface area (TPSA) is 102 Å². The number of benzene rings is 2. The van der Waals surface area contributed by atoms with Crippen LogP contribution in [0, 0.1) is 11.8 Å². The monoisotopic (exact) mass is 554 g/mol. The van der Waals surface area contributed by atoms with Gasteiger partial charge in [-0.15, -0.1) is 0 Å². The molecule has 214 valence electrons. The molecule has 3 heterocycles. The van der Waals surface area contributed by atoms with Crippen LogP contribution in [-0.4, -0.2) is 61.7 Å². The van der Waals surface area contributed by atoms with E-state index in [1.54, 1.807) is 0 Å². The molecule has 1 aliphatic heterocycles. The zero-order valence-corrected chi connectivity index (χ0v) is 23.9. The summed E-state index contributed by atoms with van der Waals surface area (Å²) in [5, 5.41) is 21.0. The molecule has 1 saturated carbocycles. The number of rotatable bonds is 8. The lowest BCUT2D eigenvalue weighted by atomic mass is 9.99. The number of aryl methyl sites for hydroxylation is 1. The van der Waals surface area contributed by atoms with Crippen LogP contribution in [0.4, 0.5) is 0 Å². The highest BCUT2D eigenvalue weighted by Gasteiger charge is 2.42. The molecule has 4 aromatic rings. The Labute approximate surface area is 239 Å². The Morgan fingerprint density at radius 1 is 1.07 bits per heavy atom. The van der Waals surface area contributed by atoms with Gasteiger partial charge < -0.3 is 19.8 Å². The first-order valence-corrected chi connectivity index (χ1v) is 14.5. The zero-order chi connectivity index (χ0) is 28.8. The number of nitrogens with one attached hydrogen (secondary N) is 1. The van der Waals surface area contributed by atoms with Crippen molar-refractivity contribution in [3.8, 4) is 17.0 Å². The average Bonchev–Trinajstić information content (AvgIpc) is 3.60. The van der Waals surface area contributed by atoms with E-state index < -0.39 is 22.8 Å². The fourth-order valence-corrected chi connectivity index (χ4v) is 7.21. The number of hydrogen-bond acceptors (Lipinski definition) is 5. The van der Waals surface area contributed by atoms with Gasteiger partial charge in [-0.1, -0.05) is 43.3 Å². The predicted molar refractivity (Wildman–Crippen MR) is 160 cm³/mol. The van der Waals surface area contributed by atoms with Gasteiger partial charge in [-0.05, 0) is 67.5 Å². The number of hydrogen-bond donors (Lipinski definition) is 3. The summed E-state index contributed by atoms with van der Waals surface area (Å²) in [6, 6.07) is 19.5. The summed E-state index contributed by atoms with van der Waals surface area (Å²) in [4.78, 5) is 31.8. The smallest absolute Gasteiger partial charge is 0.345 e. The minimum atomic E-state index is -1.44. The fourth-order valence-electron chi connectivity index (χ4n) is 7.21. The van der Waals surface area contributed by atoms with Crippen LogP contribution in [0.15, 0.2) is 59.4 Å². The largest absolute Gasteiger partial charge is 0.506 e. The Balaban J connectivity index is 1.16. The van der Waals surface area contributed by atoms with Crippen LogP contribution in [0.25, 0.3) is 22.2 Å². The highest BCUT2D eigenvalue weighted by atomic mass is 16.4. The predicted octanol–water partition coefficient (Wildman–Crippen LogP) is 4.84. The number of aromatic carboxylic acids is 1. The quantitative estimate of drug-likeness (QED) is 0.288. The molecular weight excluding hydrogens is 516 g/mol. The van der Waals surface area contributed by atoms with Gasteiger partial charge >= 0.3 is 5.97 Å². The number of carboxylic acids is 1. The molecule has 1 saturated heterocycles. The third-order valence-corrected chi connectivity index (χ3v) is 9.37. The van der Waals surface area contributed by atoms with Crippen molar-refractivity contribution in [3.05, 3.63) is 87.3 Å². The first-order chi connectivity index (χ1) is 19.7. The van der Waals surface area contributed by atoms with Crippen LogP contribution < -0.4 is 5.56 Å². The highest BCUT2D eigenvalue weighted by Crippen LogP contribution is 2.41. The molecular formula is C33H38N4O4. The molecule has 6 rings (SSSR count). The second kappa shape index (κ2) is 10.8. The Morgan fingerprint density at radius 2 is 1.78 bits per heavy atom. The van der Waals surface area contributed by atoms with Gasteiger partial charge in [0, 0.05) is 61.4 Å². The van der Waals surface area contributed by atoms with Crippen LogP contribution in [-0.2, 0) is 26.6 Å². The maximum Gasteiger partial charge on any atom is 0.345 e. The Hall–Kier alpha value is -3.88. The summed E-state index contributed by atoms with van der Waals surface area (Å²) in [7, 11) is 4.36. The van der Waals surface area contributed by atoms with Gasteiger partial charge in [0.1, 0.15) is 5.75 Å². The van der Waals surface area contributed by atoms with Crippen LogP contribution in [0.3, 0.4) is 0 Å². The number of likely N-dealkylation sites (tertiary alicyclic amines) is 1. The van der Waals surface area contributed by atoms with Crippen LogP contribution in [0.5, 0.6) is 5.75 Å². The van der Waals surface area contributed by atoms with Crippen LogP contribution in [0.2, 0.25) is 0 Å². The van der Waals surface area contributed by atoms with Gasteiger partial charge in [0.05, 0.1) is 5.69 Å². The van der Waals surface area contributed by atoms with Gasteiger partial charge in [0.2, 0.25) is 0 Å².